The smallest absolute Gasteiger partial charge is 0.222 e. The Kier molecular flexibility index (Phi) is 6.42. The van der Waals surface area contributed by atoms with Gasteiger partial charge in [-0.05, 0) is 68.0 Å². The van der Waals surface area contributed by atoms with Gasteiger partial charge in [0, 0.05) is 68.0 Å². The van der Waals surface area contributed by atoms with Crippen LogP contribution in [0.3, 0.4) is 0 Å². The Labute approximate surface area is 250 Å². The molecule has 3 saturated heterocycles. The maximum Gasteiger partial charge on any atom is 0.222 e. The lowest BCUT2D eigenvalue weighted by Crippen LogP contribution is -2.36. The Bertz CT molecular complexity index is 1710. The largest absolute Gasteiger partial charge is 0.371 e. The van der Waals surface area contributed by atoms with E-state index in [0.717, 1.165) is 61.5 Å². The first-order chi connectivity index (χ1) is 20.9. The van der Waals surface area contributed by atoms with Crippen molar-refractivity contribution in [1.29, 1.82) is 0 Å². The Hall–Kier alpha value is -3.95. The average Bonchev–Trinajstić information content (AvgIpc) is 3.40. The van der Waals surface area contributed by atoms with Gasteiger partial charge >= 0.3 is 0 Å². The second kappa shape index (κ2) is 10.3. The molecule has 0 saturated carbocycles. The molecule has 222 valence electrons. The number of fused-ring (bicyclic) bond motifs is 2. The molecule has 0 bridgehead atoms. The number of amides is 1. The first-order valence-corrected chi connectivity index (χ1v) is 15.6. The molecule has 2 aromatic carbocycles. The molecular formula is C34H37FN6O2. The molecule has 4 aromatic rings. The number of rotatable bonds is 6. The minimum Gasteiger partial charge on any atom is -0.371 e. The van der Waals surface area contributed by atoms with E-state index < -0.39 is 0 Å². The van der Waals surface area contributed by atoms with Crippen LogP contribution in [0.15, 0.2) is 60.9 Å². The predicted octanol–water partition coefficient (Wildman–Crippen LogP) is 5.07. The van der Waals surface area contributed by atoms with Gasteiger partial charge in [-0.1, -0.05) is 24.3 Å². The number of ether oxygens (including phenoxy) is 1. The number of aromatic nitrogens is 2. The number of nitrogens with two attached hydrogens (primary N) is 1. The fourth-order valence-corrected chi connectivity index (χ4v) is 7.45. The number of carbonyl (C=O) groups excluding carboxylic acids is 1. The van der Waals surface area contributed by atoms with E-state index in [4.69, 9.17) is 15.5 Å². The van der Waals surface area contributed by atoms with Gasteiger partial charge in [0.15, 0.2) is 5.65 Å². The zero-order valence-corrected chi connectivity index (χ0v) is 24.5. The molecule has 4 atom stereocenters. The summed E-state index contributed by atoms with van der Waals surface area (Å²) < 4.78 is 24.0. The lowest BCUT2D eigenvalue weighted by atomic mass is 9.93. The van der Waals surface area contributed by atoms with Gasteiger partial charge in [0.05, 0.1) is 17.3 Å². The van der Waals surface area contributed by atoms with E-state index in [9.17, 15) is 4.79 Å². The second-order valence-electron chi connectivity index (χ2n) is 12.5. The maximum atomic E-state index is 15.6. The number of epoxide rings is 1. The third-order valence-electron chi connectivity index (χ3n) is 9.95. The van der Waals surface area contributed by atoms with E-state index in [0.29, 0.717) is 36.8 Å². The summed E-state index contributed by atoms with van der Waals surface area (Å²) in [5, 5.41) is 0. The fraction of sp³-hybridized carbons (Fsp3) is 0.412. The summed E-state index contributed by atoms with van der Waals surface area (Å²) in [5.74, 6) is -0.809. The summed E-state index contributed by atoms with van der Waals surface area (Å²) in [6.45, 7) is 6.44. The van der Waals surface area contributed by atoms with Crippen molar-refractivity contribution < 1.29 is 13.9 Å². The van der Waals surface area contributed by atoms with Crippen molar-refractivity contribution >= 4 is 22.9 Å². The van der Waals surface area contributed by atoms with Crippen LogP contribution in [0.5, 0.6) is 0 Å². The summed E-state index contributed by atoms with van der Waals surface area (Å²) in [6, 6.07) is 16.5. The van der Waals surface area contributed by atoms with Gasteiger partial charge < -0.3 is 24.7 Å². The van der Waals surface area contributed by atoms with Crippen LogP contribution in [0, 0.1) is 11.7 Å². The molecule has 43 heavy (non-hydrogen) atoms. The second-order valence-corrected chi connectivity index (χ2v) is 12.5. The summed E-state index contributed by atoms with van der Waals surface area (Å²) in [5.41, 5.74) is 13.2. The number of nitrogens with zero attached hydrogens (tertiary/aromatic N) is 5. The molecule has 8 rings (SSSR count). The number of benzene rings is 2. The Balaban J connectivity index is 1.10. The van der Waals surface area contributed by atoms with Crippen LogP contribution in [-0.2, 0) is 16.0 Å². The highest BCUT2D eigenvalue weighted by Gasteiger charge is 2.48. The lowest BCUT2D eigenvalue weighted by molar-refractivity contribution is -0.121. The first kappa shape index (κ1) is 26.7. The van der Waals surface area contributed by atoms with Crippen LogP contribution >= 0.6 is 0 Å². The zero-order valence-electron chi connectivity index (χ0n) is 24.5. The lowest BCUT2D eigenvalue weighted by Gasteiger charge is -2.34. The van der Waals surface area contributed by atoms with Crippen LogP contribution in [0.4, 0.5) is 15.8 Å². The number of hydrogen-bond acceptors (Lipinski definition) is 6. The molecule has 2 N–H and O–H groups in total. The van der Waals surface area contributed by atoms with Gasteiger partial charge in [-0.25, -0.2) is 9.37 Å². The van der Waals surface area contributed by atoms with E-state index in [-0.39, 0.29) is 30.0 Å². The SMILES string of the molecule is C[C@@H]1c2ccccc2CCN1C1OC1c1cc(N2CCCC2)c2nc(-c3ccc(N4CCC(C(N)=O)C4)cc3F)cn2c1. The minimum atomic E-state index is -0.323. The van der Waals surface area contributed by atoms with Crippen LogP contribution in [0.1, 0.15) is 55.0 Å². The monoisotopic (exact) mass is 580 g/mol. The number of carbonyl (C=O) groups is 1. The standard InChI is InChI=1S/C34H37FN6O2/c1-21-26-7-3-2-6-22(26)11-15-41(21)34-31(43-34)24-16-30(38-12-4-5-13-38)33-37-29(20-40(33)19-24)27-9-8-25(17-28(27)35)39-14-10-23(18-39)32(36)42/h2-3,6-9,16-17,19-21,23,31,34H,4-5,10-15,18H2,1H3,(H2,36,42)/t21-,23?,31?,34?/m1/s1. The van der Waals surface area contributed by atoms with Crippen molar-refractivity contribution in [2.75, 3.05) is 42.5 Å². The number of pyridine rings is 1. The molecule has 3 fully saturated rings. The average molecular weight is 581 g/mol. The Morgan fingerprint density at radius 3 is 2.65 bits per heavy atom. The highest BCUT2D eigenvalue weighted by atomic mass is 19.1. The topological polar surface area (TPSA) is 82.6 Å². The molecule has 9 heteroatoms. The van der Waals surface area contributed by atoms with Gasteiger partial charge in [-0.3, -0.25) is 9.69 Å². The molecule has 0 radical (unpaired) electrons. The number of imidazole rings is 1. The molecule has 0 aliphatic carbocycles. The predicted molar refractivity (Wildman–Crippen MR) is 164 cm³/mol. The molecule has 2 aromatic heterocycles. The number of anilines is 2. The summed E-state index contributed by atoms with van der Waals surface area (Å²) >= 11 is 0. The van der Waals surface area contributed by atoms with Crippen LogP contribution < -0.4 is 15.5 Å². The van der Waals surface area contributed by atoms with Crippen molar-refractivity contribution in [3.63, 3.8) is 0 Å². The maximum absolute atomic E-state index is 15.6. The molecule has 1 amide bonds. The summed E-state index contributed by atoms with van der Waals surface area (Å²) in [6.07, 6.45) is 8.11. The normalized spacial score (nSPS) is 25.4. The van der Waals surface area contributed by atoms with Crippen LogP contribution in [-0.4, -0.2) is 59.1 Å². The first-order valence-electron chi connectivity index (χ1n) is 15.6. The van der Waals surface area contributed by atoms with E-state index >= 15 is 4.39 Å². The van der Waals surface area contributed by atoms with Crippen molar-refractivity contribution in [3.8, 4) is 11.3 Å². The van der Waals surface area contributed by atoms with Crippen molar-refractivity contribution in [3.05, 3.63) is 83.4 Å². The Morgan fingerprint density at radius 2 is 1.86 bits per heavy atom. The van der Waals surface area contributed by atoms with Gasteiger partial charge in [-0.15, -0.1) is 0 Å². The molecule has 4 aliphatic rings. The number of hydrogen-bond donors (Lipinski definition) is 1. The van der Waals surface area contributed by atoms with Gasteiger partial charge in [-0.2, -0.15) is 0 Å². The third-order valence-corrected chi connectivity index (χ3v) is 9.95. The van der Waals surface area contributed by atoms with Crippen molar-refractivity contribution in [2.45, 2.75) is 51.0 Å². The van der Waals surface area contributed by atoms with Gasteiger partial charge in [0.1, 0.15) is 18.1 Å². The van der Waals surface area contributed by atoms with Crippen LogP contribution in [0.25, 0.3) is 16.9 Å². The number of halogens is 1. The molecule has 8 nitrogen and oxygen atoms in total. The van der Waals surface area contributed by atoms with Gasteiger partial charge in [0.2, 0.25) is 5.91 Å². The van der Waals surface area contributed by atoms with E-state index in [1.165, 1.54) is 11.1 Å². The summed E-state index contributed by atoms with van der Waals surface area (Å²) in [7, 11) is 0. The molecule has 0 spiro atoms. The number of primary amides is 1. The Morgan fingerprint density at radius 1 is 1.02 bits per heavy atom. The van der Waals surface area contributed by atoms with Crippen molar-refractivity contribution in [2.24, 2.45) is 11.7 Å². The molecule has 6 heterocycles. The van der Waals surface area contributed by atoms with Crippen molar-refractivity contribution in [1.82, 2.24) is 14.3 Å². The molecular weight excluding hydrogens is 543 g/mol. The van der Waals surface area contributed by atoms with Gasteiger partial charge in [0.25, 0.3) is 0 Å². The molecule has 3 unspecified atom stereocenters. The zero-order chi connectivity index (χ0) is 29.2. The fourth-order valence-electron chi connectivity index (χ4n) is 7.45. The van der Waals surface area contributed by atoms with E-state index in [2.05, 4.69) is 57.7 Å². The van der Waals surface area contributed by atoms with E-state index in [1.807, 2.05) is 17.2 Å². The summed E-state index contributed by atoms with van der Waals surface area (Å²) in [4.78, 5) is 23.5. The quantitative estimate of drug-likeness (QED) is 0.321. The minimum absolute atomic E-state index is 0.00924. The highest BCUT2D eigenvalue weighted by molar-refractivity contribution is 5.79. The third kappa shape index (κ3) is 4.66. The van der Waals surface area contributed by atoms with Crippen LogP contribution in [0.2, 0.25) is 0 Å². The highest BCUT2D eigenvalue weighted by Crippen LogP contribution is 2.47. The molecule has 4 aliphatic heterocycles. The van der Waals surface area contributed by atoms with E-state index in [1.54, 1.807) is 12.1 Å².